The van der Waals surface area contributed by atoms with Gasteiger partial charge in [-0.15, -0.1) is 0 Å². The van der Waals surface area contributed by atoms with Gasteiger partial charge < -0.3 is 14.8 Å². The van der Waals surface area contributed by atoms with Gasteiger partial charge in [-0.3, -0.25) is 0 Å². The fourth-order valence-electron chi connectivity index (χ4n) is 1.75. The van der Waals surface area contributed by atoms with Crippen molar-refractivity contribution in [2.45, 2.75) is 25.6 Å². The number of aromatic nitrogens is 2. The van der Waals surface area contributed by atoms with Crippen molar-refractivity contribution in [1.82, 2.24) is 15.3 Å². The van der Waals surface area contributed by atoms with Crippen LogP contribution in [0.2, 0.25) is 0 Å². The first-order chi connectivity index (χ1) is 7.88. The van der Waals surface area contributed by atoms with E-state index >= 15 is 0 Å². The quantitative estimate of drug-likeness (QED) is 0.816. The molecule has 1 aromatic rings. The highest BCUT2D eigenvalue weighted by Crippen LogP contribution is 2.14. The summed E-state index contributed by atoms with van der Waals surface area (Å²) < 4.78 is 10.8. The highest BCUT2D eigenvalue weighted by molar-refractivity contribution is 5.13. The molecule has 0 radical (unpaired) electrons. The molecule has 1 aromatic heterocycles. The summed E-state index contributed by atoms with van der Waals surface area (Å²) in [5.41, 5.74) is 0.849. The van der Waals surface area contributed by atoms with Crippen molar-refractivity contribution >= 4 is 0 Å². The molecule has 1 fully saturated rings. The van der Waals surface area contributed by atoms with Gasteiger partial charge >= 0.3 is 0 Å². The third-order valence-corrected chi connectivity index (χ3v) is 2.56. The maximum absolute atomic E-state index is 5.80. The van der Waals surface area contributed by atoms with Gasteiger partial charge in [-0.25, -0.2) is 9.97 Å². The number of piperidine rings is 1. The van der Waals surface area contributed by atoms with Crippen molar-refractivity contribution < 1.29 is 9.47 Å². The molecule has 0 saturated carbocycles. The number of nitrogens with one attached hydrogen (secondary N) is 1. The molecule has 5 nitrogen and oxygen atoms in total. The Morgan fingerprint density at radius 1 is 1.38 bits per heavy atom. The van der Waals surface area contributed by atoms with Crippen LogP contribution in [0.4, 0.5) is 0 Å². The molecular formula is C11H17N3O2. The van der Waals surface area contributed by atoms with Gasteiger partial charge in [-0.05, 0) is 25.9 Å². The first kappa shape index (κ1) is 11.3. The van der Waals surface area contributed by atoms with E-state index in [0.717, 1.165) is 31.6 Å². The molecule has 88 valence electrons. The Bertz CT molecular complexity index is 327. The average Bonchev–Trinajstić information content (AvgIpc) is 2.31. The summed E-state index contributed by atoms with van der Waals surface area (Å²) in [5.74, 6) is 0.647. The molecule has 0 atom stereocenters. The zero-order valence-corrected chi connectivity index (χ0v) is 9.48. The van der Waals surface area contributed by atoms with Crippen LogP contribution in [0.25, 0.3) is 0 Å². The predicted octanol–water partition coefficient (Wildman–Crippen LogP) is 0.754. The third kappa shape index (κ3) is 3.15. The normalized spacial score (nSPS) is 17.3. The van der Waals surface area contributed by atoms with Crippen LogP contribution in [-0.4, -0.2) is 36.3 Å². The Hall–Kier alpha value is -1.20. The van der Waals surface area contributed by atoms with Gasteiger partial charge in [0.15, 0.2) is 0 Å². The maximum atomic E-state index is 5.80. The largest absolute Gasteiger partial charge is 0.474 e. The summed E-state index contributed by atoms with van der Waals surface area (Å²) in [6.07, 6.45) is 3.85. The lowest BCUT2D eigenvalue weighted by Crippen LogP contribution is -2.34. The van der Waals surface area contributed by atoms with Gasteiger partial charge in [0.2, 0.25) is 5.88 Å². The zero-order valence-electron chi connectivity index (χ0n) is 9.48. The molecule has 2 heterocycles. The molecular weight excluding hydrogens is 206 g/mol. The van der Waals surface area contributed by atoms with Gasteiger partial charge in [-0.2, -0.15) is 0 Å². The number of rotatable bonds is 4. The molecule has 1 aliphatic heterocycles. The van der Waals surface area contributed by atoms with E-state index < -0.39 is 0 Å². The number of ether oxygens (including phenoxy) is 2. The second-order valence-electron chi connectivity index (χ2n) is 3.85. The molecule has 1 saturated heterocycles. The van der Waals surface area contributed by atoms with Crippen LogP contribution >= 0.6 is 0 Å². The fraction of sp³-hybridized carbons (Fsp3) is 0.636. The molecule has 1 aliphatic rings. The molecule has 0 bridgehead atoms. The van der Waals surface area contributed by atoms with E-state index in [1.165, 1.54) is 6.33 Å². The summed E-state index contributed by atoms with van der Waals surface area (Å²) >= 11 is 0. The van der Waals surface area contributed by atoms with Crippen LogP contribution in [0.5, 0.6) is 5.88 Å². The van der Waals surface area contributed by atoms with Crippen molar-refractivity contribution in [2.24, 2.45) is 0 Å². The fourth-order valence-corrected chi connectivity index (χ4v) is 1.75. The molecule has 16 heavy (non-hydrogen) atoms. The summed E-state index contributed by atoms with van der Waals surface area (Å²) in [7, 11) is 1.65. The highest BCUT2D eigenvalue weighted by Gasteiger charge is 2.15. The van der Waals surface area contributed by atoms with Crippen LogP contribution in [0.15, 0.2) is 12.4 Å². The van der Waals surface area contributed by atoms with E-state index in [1.54, 1.807) is 7.11 Å². The van der Waals surface area contributed by atoms with Crippen LogP contribution < -0.4 is 10.1 Å². The topological polar surface area (TPSA) is 56.3 Å². The monoisotopic (exact) mass is 223 g/mol. The zero-order chi connectivity index (χ0) is 11.2. The predicted molar refractivity (Wildman–Crippen MR) is 59.3 cm³/mol. The second kappa shape index (κ2) is 5.77. The van der Waals surface area contributed by atoms with E-state index in [1.807, 2.05) is 6.07 Å². The molecule has 0 unspecified atom stereocenters. The minimum Gasteiger partial charge on any atom is -0.474 e. The van der Waals surface area contributed by atoms with Crippen molar-refractivity contribution in [3.05, 3.63) is 18.1 Å². The summed E-state index contributed by atoms with van der Waals surface area (Å²) in [5, 5.41) is 3.30. The minimum atomic E-state index is 0.270. The first-order valence-corrected chi connectivity index (χ1v) is 5.55. The van der Waals surface area contributed by atoms with Crippen molar-refractivity contribution in [3.8, 4) is 5.88 Å². The minimum absolute atomic E-state index is 0.270. The summed E-state index contributed by atoms with van der Waals surface area (Å²) in [6, 6.07) is 1.84. The molecule has 5 heteroatoms. The summed E-state index contributed by atoms with van der Waals surface area (Å²) in [6.45, 7) is 2.52. The Kier molecular flexibility index (Phi) is 4.07. The lowest BCUT2D eigenvalue weighted by atomic mass is 10.1. The molecule has 0 aromatic carbocycles. The lowest BCUT2D eigenvalue weighted by molar-refractivity contribution is 0.153. The van der Waals surface area contributed by atoms with Gasteiger partial charge in [0, 0.05) is 13.2 Å². The van der Waals surface area contributed by atoms with Crippen LogP contribution in [0, 0.1) is 0 Å². The second-order valence-corrected chi connectivity index (χ2v) is 3.85. The van der Waals surface area contributed by atoms with Crippen molar-refractivity contribution in [2.75, 3.05) is 20.2 Å². The number of nitrogens with zero attached hydrogens (tertiary/aromatic N) is 2. The molecule has 0 amide bonds. The number of hydrogen-bond donors (Lipinski definition) is 1. The maximum Gasteiger partial charge on any atom is 0.216 e. The number of hydrogen-bond acceptors (Lipinski definition) is 5. The standard InChI is InChI=1S/C11H17N3O2/c1-15-7-9-6-11(14-8-13-9)16-10-2-4-12-5-3-10/h6,8,10,12H,2-5,7H2,1H3. The van der Waals surface area contributed by atoms with Gasteiger partial charge in [-0.1, -0.05) is 0 Å². The third-order valence-electron chi connectivity index (χ3n) is 2.56. The van der Waals surface area contributed by atoms with E-state index in [-0.39, 0.29) is 6.10 Å². The smallest absolute Gasteiger partial charge is 0.216 e. The Balaban J connectivity index is 1.94. The van der Waals surface area contributed by atoms with E-state index in [0.29, 0.717) is 12.5 Å². The van der Waals surface area contributed by atoms with Gasteiger partial charge in [0.25, 0.3) is 0 Å². The van der Waals surface area contributed by atoms with Crippen molar-refractivity contribution in [3.63, 3.8) is 0 Å². The lowest BCUT2D eigenvalue weighted by Gasteiger charge is -2.23. The molecule has 0 aliphatic carbocycles. The Labute approximate surface area is 95.2 Å². The molecule has 1 N–H and O–H groups in total. The Morgan fingerprint density at radius 3 is 2.94 bits per heavy atom. The average molecular weight is 223 g/mol. The number of methoxy groups -OCH3 is 1. The van der Waals surface area contributed by atoms with E-state index in [4.69, 9.17) is 9.47 Å². The Morgan fingerprint density at radius 2 is 2.19 bits per heavy atom. The van der Waals surface area contributed by atoms with Gasteiger partial charge in [0.1, 0.15) is 12.4 Å². The molecule has 2 rings (SSSR count). The first-order valence-electron chi connectivity index (χ1n) is 5.55. The highest BCUT2D eigenvalue weighted by atomic mass is 16.5. The van der Waals surface area contributed by atoms with Crippen LogP contribution in [0.1, 0.15) is 18.5 Å². The summed E-state index contributed by atoms with van der Waals surface area (Å²) in [4.78, 5) is 8.20. The van der Waals surface area contributed by atoms with Crippen LogP contribution in [0.3, 0.4) is 0 Å². The van der Waals surface area contributed by atoms with Crippen molar-refractivity contribution in [1.29, 1.82) is 0 Å². The van der Waals surface area contributed by atoms with E-state index in [2.05, 4.69) is 15.3 Å². The molecule has 0 spiro atoms. The van der Waals surface area contributed by atoms with E-state index in [9.17, 15) is 0 Å². The van der Waals surface area contributed by atoms with Gasteiger partial charge in [0.05, 0.1) is 12.3 Å². The SMILES string of the molecule is COCc1cc(OC2CCNCC2)ncn1. The van der Waals surface area contributed by atoms with Crippen LogP contribution in [-0.2, 0) is 11.3 Å².